The highest BCUT2D eigenvalue weighted by Gasteiger charge is 2.42. The minimum atomic E-state index is -1.03. The van der Waals surface area contributed by atoms with E-state index >= 15 is 0 Å². The monoisotopic (exact) mass is 273 g/mol. The van der Waals surface area contributed by atoms with Gasteiger partial charge in [0.15, 0.2) is 0 Å². The van der Waals surface area contributed by atoms with Crippen LogP contribution in [-0.4, -0.2) is 5.11 Å². The molecule has 3 heteroatoms. The minimum Gasteiger partial charge on any atom is -0.380 e. The van der Waals surface area contributed by atoms with Gasteiger partial charge in [-0.2, -0.15) is 0 Å². The maximum atomic E-state index is 11.1. The highest BCUT2D eigenvalue weighted by atomic mass is 35.5. The van der Waals surface area contributed by atoms with Crippen LogP contribution < -0.4 is 5.73 Å². The smallest absolute Gasteiger partial charge is 0.117 e. The Morgan fingerprint density at radius 2 is 2.00 bits per heavy atom. The Morgan fingerprint density at radius 3 is 2.74 bits per heavy atom. The summed E-state index contributed by atoms with van der Waals surface area (Å²) in [5, 5.41) is 11.7. The first-order valence-corrected chi connectivity index (χ1v) is 6.74. The first kappa shape index (κ1) is 12.7. The molecule has 2 unspecified atom stereocenters. The Balaban J connectivity index is 2.17. The van der Waals surface area contributed by atoms with Crippen molar-refractivity contribution in [2.24, 2.45) is 5.73 Å². The number of rotatable bonds is 1. The van der Waals surface area contributed by atoms with E-state index in [-0.39, 0.29) is 6.04 Å². The molecule has 3 rings (SSSR count). The molecular weight excluding hydrogens is 258 g/mol. The van der Waals surface area contributed by atoms with E-state index in [0.29, 0.717) is 11.4 Å². The van der Waals surface area contributed by atoms with Crippen molar-refractivity contribution >= 4 is 11.6 Å². The summed E-state index contributed by atoms with van der Waals surface area (Å²) in [5.41, 5.74) is 8.82. The van der Waals surface area contributed by atoms with E-state index < -0.39 is 5.60 Å². The lowest BCUT2D eigenvalue weighted by atomic mass is 9.87. The molecule has 0 amide bonds. The Labute approximate surface area is 117 Å². The number of aliphatic hydroxyl groups is 1. The summed E-state index contributed by atoms with van der Waals surface area (Å²) in [6, 6.07) is 13.4. The van der Waals surface area contributed by atoms with Crippen LogP contribution in [0, 0.1) is 6.92 Å². The van der Waals surface area contributed by atoms with Crippen molar-refractivity contribution in [3.63, 3.8) is 0 Å². The maximum absolute atomic E-state index is 11.1. The van der Waals surface area contributed by atoms with E-state index in [2.05, 4.69) is 0 Å². The van der Waals surface area contributed by atoms with E-state index in [0.717, 1.165) is 22.3 Å². The van der Waals surface area contributed by atoms with Crippen LogP contribution >= 0.6 is 11.6 Å². The van der Waals surface area contributed by atoms with Crippen LogP contribution in [0.4, 0.5) is 0 Å². The molecule has 19 heavy (non-hydrogen) atoms. The molecule has 1 aliphatic carbocycles. The summed E-state index contributed by atoms with van der Waals surface area (Å²) >= 11 is 6.18. The molecule has 0 heterocycles. The van der Waals surface area contributed by atoms with Crippen LogP contribution in [0.3, 0.4) is 0 Å². The summed E-state index contributed by atoms with van der Waals surface area (Å²) in [6.45, 7) is 1.95. The number of fused-ring (bicyclic) bond motifs is 1. The first-order chi connectivity index (χ1) is 9.02. The van der Waals surface area contributed by atoms with Gasteiger partial charge in [0.25, 0.3) is 0 Å². The third kappa shape index (κ3) is 1.88. The second-order valence-corrected chi connectivity index (χ2v) is 5.63. The van der Waals surface area contributed by atoms with E-state index in [1.54, 1.807) is 0 Å². The molecule has 0 aliphatic heterocycles. The molecule has 2 atom stereocenters. The van der Waals surface area contributed by atoms with Crippen LogP contribution in [0.25, 0.3) is 0 Å². The molecule has 2 aromatic carbocycles. The second-order valence-electron chi connectivity index (χ2n) is 5.22. The van der Waals surface area contributed by atoms with E-state index in [9.17, 15) is 5.11 Å². The molecule has 1 aliphatic rings. The number of benzene rings is 2. The van der Waals surface area contributed by atoms with Crippen molar-refractivity contribution < 1.29 is 5.11 Å². The van der Waals surface area contributed by atoms with Crippen molar-refractivity contribution in [2.45, 2.75) is 25.0 Å². The molecule has 3 N–H and O–H groups in total. The summed E-state index contributed by atoms with van der Waals surface area (Å²) in [5.74, 6) is 0. The largest absolute Gasteiger partial charge is 0.380 e. The van der Waals surface area contributed by atoms with Crippen LogP contribution in [0.5, 0.6) is 0 Å². The number of nitrogens with two attached hydrogens (primary N) is 1. The van der Waals surface area contributed by atoms with Crippen LogP contribution in [0.2, 0.25) is 5.02 Å². The van der Waals surface area contributed by atoms with Gasteiger partial charge in [-0.15, -0.1) is 0 Å². The molecular formula is C16H16ClNO. The zero-order chi connectivity index (χ0) is 13.6. The molecule has 98 valence electrons. The fraction of sp³-hybridized carbons (Fsp3) is 0.250. The molecule has 0 saturated carbocycles. The van der Waals surface area contributed by atoms with Crippen molar-refractivity contribution in [3.05, 3.63) is 69.7 Å². The van der Waals surface area contributed by atoms with Gasteiger partial charge in [-0.25, -0.2) is 0 Å². The Hall–Kier alpha value is -1.35. The average Bonchev–Trinajstić information content (AvgIpc) is 2.67. The van der Waals surface area contributed by atoms with Gasteiger partial charge in [-0.1, -0.05) is 48.0 Å². The third-order valence-corrected chi connectivity index (χ3v) is 4.38. The van der Waals surface area contributed by atoms with E-state index in [4.69, 9.17) is 17.3 Å². The predicted octanol–water partition coefficient (Wildman–Crippen LogP) is 3.29. The first-order valence-electron chi connectivity index (χ1n) is 6.36. The highest BCUT2D eigenvalue weighted by molar-refractivity contribution is 6.31. The lowest BCUT2D eigenvalue weighted by Crippen LogP contribution is -2.25. The Bertz CT molecular complexity index is 640. The SMILES string of the molecule is Cc1ccc(C2(O)CC(N)c3ccccc32)cc1Cl. The van der Waals surface area contributed by atoms with Gasteiger partial charge < -0.3 is 10.8 Å². The zero-order valence-electron chi connectivity index (χ0n) is 10.7. The lowest BCUT2D eigenvalue weighted by Gasteiger charge is -2.25. The van der Waals surface area contributed by atoms with Gasteiger partial charge in [0.1, 0.15) is 5.60 Å². The van der Waals surface area contributed by atoms with E-state index in [1.165, 1.54) is 0 Å². The van der Waals surface area contributed by atoms with Crippen molar-refractivity contribution in [1.82, 2.24) is 0 Å². The van der Waals surface area contributed by atoms with Crippen LogP contribution in [0.1, 0.15) is 34.7 Å². The van der Waals surface area contributed by atoms with E-state index in [1.807, 2.05) is 49.4 Å². The van der Waals surface area contributed by atoms with Gasteiger partial charge in [-0.3, -0.25) is 0 Å². The van der Waals surface area contributed by atoms with Gasteiger partial charge >= 0.3 is 0 Å². The Kier molecular flexibility index (Phi) is 2.90. The fourth-order valence-corrected chi connectivity index (χ4v) is 3.04. The normalized spacial score (nSPS) is 25.4. The maximum Gasteiger partial charge on any atom is 0.117 e. The minimum absolute atomic E-state index is 0.138. The van der Waals surface area contributed by atoms with Gasteiger partial charge in [-0.05, 0) is 35.2 Å². The molecule has 0 aromatic heterocycles. The predicted molar refractivity (Wildman–Crippen MR) is 77.2 cm³/mol. The molecule has 2 aromatic rings. The zero-order valence-corrected chi connectivity index (χ0v) is 11.5. The number of hydrogen-bond acceptors (Lipinski definition) is 2. The van der Waals surface area contributed by atoms with Gasteiger partial charge in [0, 0.05) is 17.5 Å². The van der Waals surface area contributed by atoms with Crippen molar-refractivity contribution in [2.75, 3.05) is 0 Å². The standard InChI is InChI=1S/C16H16ClNO/c1-10-6-7-11(8-14(10)17)16(19)9-15(18)12-4-2-3-5-13(12)16/h2-8,15,19H,9,18H2,1H3. The third-order valence-electron chi connectivity index (χ3n) is 3.97. The summed E-state index contributed by atoms with van der Waals surface area (Å²) < 4.78 is 0. The topological polar surface area (TPSA) is 46.2 Å². The summed E-state index contributed by atoms with van der Waals surface area (Å²) in [4.78, 5) is 0. The fourth-order valence-electron chi connectivity index (χ4n) is 2.86. The van der Waals surface area contributed by atoms with Crippen molar-refractivity contribution in [3.8, 4) is 0 Å². The molecule has 0 saturated heterocycles. The van der Waals surface area contributed by atoms with Gasteiger partial charge in [0.05, 0.1) is 0 Å². The molecule has 0 fully saturated rings. The quantitative estimate of drug-likeness (QED) is 0.838. The molecule has 2 nitrogen and oxygen atoms in total. The van der Waals surface area contributed by atoms with Crippen LogP contribution in [0.15, 0.2) is 42.5 Å². The average molecular weight is 274 g/mol. The van der Waals surface area contributed by atoms with Crippen molar-refractivity contribution in [1.29, 1.82) is 0 Å². The second kappa shape index (κ2) is 4.34. The van der Waals surface area contributed by atoms with Crippen LogP contribution in [-0.2, 0) is 5.60 Å². The number of halogens is 1. The number of aryl methyl sites for hydroxylation is 1. The molecule has 0 spiro atoms. The summed E-state index contributed by atoms with van der Waals surface area (Å²) in [7, 11) is 0. The summed E-state index contributed by atoms with van der Waals surface area (Å²) in [6.07, 6.45) is 0.492. The lowest BCUT2D eigenvalue weighted by molar-refractivity contribution is 0.0776. The molecule has 0 radical (unpaired) electrons. The molecule has 0 bridgehead atoms. The van der Waals surface area contributed by atoms with Gasteiger partial charge in [0.2, 0.25) is 0 Å². The highest BCUT2D eigenvalue weighted by Crippen LogP contribution is 2.46. The number of hydrogen-bond donors (Lipinski definition) is 2. The Morgan fingerprint density at radius 1 is 1.26 bits per heavy atom.